The van der Waals surface area contributed by atoms with Gasteiger partial charge < -0.3 is 15.4 Å². The molecule has 0 spiro atoms. The molecule has 6 heteroatoms. The lowest BCUT2D eigenvalue weighted by atomic mass is 10.1. The van der Waals surface area contributed by atoms with Crippen molar-refractivity contribution in [2.45, 2.75) is 13.0 Å². The van der Waals surface area contributed by atoms with Crippen molar-refractivity contribution in [2.75, 3.05) is 50.8 Å². The molecule has 2 saturated heterocycles. The fraction of sp³-hybridized carbons (Fsp3) is 0.625. The van der Waals surface area contributed by atoms with Gasteiger partial charge in [0.1, 0.15) is 0 Å². The molecule has 22 heavy (non-hydrogen) atoms. The molecule has 124 valence electrons. The Labute approximate surface area is 147 Å². The van der Waals surface area contributed by atoms with Crippen LogP contribution in [-0.2, 0) is 11.3 Å². The first-order valence-corrected chi connectivity index (χ1v) is 8.59. The zero-order valence-corrected chi connectivity index (χ0v) is 15.2. The van der Waals surface area contributed by atoms with E-state index >= 15 is 0 Å². The molecule has 2 N–H and O–H groups in total. The van der Waals surface area contributed by atoms with Gasteiger partial charge in [-0.3, -0.25) is 4.90 Å². The van der Waals surface area contributed by atoms with E-state index < -0.39 is 0 Å². The van der Waals surface area contributed by atoms with Crippen LogP contribution in [0.3, 0.4) is 0 Å². The highest BCUT2D eigenvalue weighted by molar-refractivity contribution is 9.10. The Balaban J connectivity index is 0.00000176. The molecule has 4 nitrogen and oxygen atoms in total. The van der Waals surface area contributed by atoms with Crippen molar-refractivity contribution < 1.29 is 4.74 Å². The van der Waals surface area contributed by atoms with Crippen LogP contribution >= 0.6 is 28.3 Å². The van der Waals surface area contributed by atoms with Gasteiger partial charge in [0.15, 0.2) is 0 Å². The minimum atomic E-state index is 0. The van der Waals surface area contributed by atoms with Crippen LogP contribution in [0.25, 0.3) is 0 Å². The second-order valence-electron chi connectivity index (χ2n) is 6.00. The third-order valence-electron chi connectivity index (χ3n) is 4.50. The van der Waals surface area contributed by atoms with Gasteiger partial charge >= 0.3 is 0 Å². The molecular formula is C16H25BrClN3O. The largest absolute Gasteiger partial charge is 0.378 e. The first-order valence-electron chi connectivity index (χ1n) is 7.80. The zero-order chi connectivity index (χ0) is 14.7. The SMILES string of the molecule is Cl.NCC1CCN(Cc2ccc(Br)cc2N2CCOCC2)C1. The molecule has 2 fully saturated rings. The Bertz CT molecular complexity index is 482. The third kappa shape index (κ3) is 4.36. The van der Waals surface area contributed by atoms with E-state index in [1.807, 2.05) is 0 Å². The summed E-state index contributed by atoms with van der Waals surface area (Å²) in [6.07, 6.45) is 1.24. The van der Waals surface area contributed by atoms with E-state index in [-0.39, 0.29) is 12.4 Å². The highest BCUT2D eigenvalue weighted by Crippen LogP contribution is 2.28. The van der Waals surface area contributed by atoms with Crippen LogP contribution in [0, 0.1) is 5.92 Å². The van der Waals surface area contributed by atoms with Gasteiger partial charge in [-0.25, -0.2) is 0 Å². The molecular weight excluding hydrogens is 366 g/mol. The molecule has 2 aliphatic rings. The number of rotatable bonds is 4. The maximum absolute atomic E-state index is 5.80. The topological polar surface area (TPSA) is 41.7 Å². The van der Waals surface area contributed by atoms with Crippen LogP contribution in [0.5, 0.6) is 0 Å². The standard InChI is InChI=1S/C16H24BrN3O.ClH/c17-15-2-1-14(12-19-4-3-13(10-18)11-19)16(9-15)20-5-7-21-8-6-20;/h1-2,9,13H,3-8,10-12,18H2;1H. The van der Waals surface area contributed by atoms with E-state index in [2.05, 4.69) is 43.9 Å². The fourth-order valence-electron chi connectivity index (χ4n) is 3.26. The second kappa shape index (κ2) is 8.50. The number of hydrogen-bond acceptors (Lipinski definition) is 4. The van der Waals surface area contributed by atoms with E-state index in [1.54, 1.807) is 0 Å². The van der Waals surface area contributed by atoms with Crippen molar-refractivity contribution in [3.8, 4) is 0 Å². The van der Waals surface area contributed by atoms with E-state index in [4.69, 9.17) is 10.5 Å². The summed E-state index contributed by atoms with van der Waals surface area (Å²) in [7, 11) is 0. The van der Waals surface area contributed by atoms with Crippen LogP contribution in [0.15, 0.2) is 22.7 Å². The monoisotopic (exact) mass is 389 g/mol. The van der Waals surface area contributed by atoms with Crippen molar-refractivity contribution in [2.24, 2.45) is 11.7 Å². The van der Waals surface area contributed by atoms with Crippen molar-refractivity contribution >= 4 is 34.0 Å². The molecule has 2 aliphatic heterocycles. The number of halogens is 2. The van der Waals surface area contributed by atoms with Gasteiger partial charge in [0.05, 0.1) is 13.2 Å². The first kappa shape index (κ1) is 18.0. The van der Waals surface area contributed by atoms with Crippen LogP contribution in [0.2, 0.25) is 0 Å². The number of nitrogens with two attached hydrogens (primary N) is 1. The predicted molar refractivity (Wildman–Crippen MR) is 96.9 cm³/mol. The Kier molecular flexibility index (Phi) is 6.96. The second-order valence-corrected chi connectivity index (χ2v) is 6.91. The van der Waals surface area contributed by atoms with Gasteiger partial charge in [0.2, 0.25) is 0 Å². The zero-order valence-electron chi connectivity index (χ0n) is 12.8. The summed E-state index contributed by atoms with van der Waals surface area (Å²) in [5, 5.41) is 0. The van der Waals surface area contributed by atoms with E-state index in [0.717, 1.165) is 50.4 Å². The molecule has 3 rings (SSSR count). The molecule has 0 radical (unpaired) electrons. The quantitative estimate of drug-likeness (QED) is 0.857. The average molecular weight is 391 g/mol. The molecule has 1 aromatic carbocycles. The molecule has 0 bridgehead atoms. The normalized spacial score (nSPS) is 22.6. The summed E-state index contributed by atoms with van der Waals surface area (Å²) in [5.74, 6) is 0.673. The van der Waals surface area contributed by atoms with Crippen molar-refractivity contribution in [1.82, 2.24) is 4.90 Å². The summed E-state index contributed by atoms with van der Waals surface area (Å²) >= 11 is 3.61. The maximum atomic E-state index is 5.80. The number of hydrogen-bond donors (Lipinski definition) is 1. The lowest BCUT2D eigenvalue weighted by Gasteiger charge is -2.31. The van der Waals surface area contributed by atoms with Gasteiger partial charge in [-0.05, 0) is 43.1 Å². The minimum Gasteiger partial charge on any atom is -0.378 e. The van der Waals surface area contributed by atoms with Crippen LogP contribution < -0.4 is 10.6 Å². The number of nitrogens with zero attached hydrogens (tertiary/aromatic N) is 2. The number of ether oxygens (including phenoxy) is 1. The molecule has 0 aliphatic carbocycles. The summed E-state index contributed by atoms with van der Waals surface area (Å²) in [6.45, 7) is 7.75. The first-order chi connectivity index (χ1) is 10.3. The van der Waals surface area contributed by atoms with Crippen molar-refractivity contribution in [3.05, 3.63) is 28.2 Å². The number of benzene rings is 1. The lowest BCUT2D eigenvalue weighted by Crippen LogP contribution is -2.37. The van der Waals surface area contributed by atoms with E-state index in [0.29, 0.717) is 5.92 Å². The van der Waals surface area contributed by atoms with Crippen LogP contribution in [0.4, 0.5) is 5.69 Å². The van der Waals surface area contributed by atoms with E-state index in [1.165, 1.54) is 24.2 Å². The Morgan fingerprint density at radius 1 is 1.23 bits per heavy atom. The van der Waals surface area contributed by atoms with Crippen molar-refractivity contribution in [3.63, 3.8) is 0 Å². The summed E-state index contributed by atoms with van der Waals surface area (Å²) in [5.41, 5.74) is 8.57. The fourth-order valence-corrected chi connectivity index (χ4v) is 3.61. The van der Waals surface area contributed by atoms with Crippen LogP contribution in [0.1, 0.15) is 12.0 Å². The predicted octanol–water partition coefficient (Wildman–Crippen LogP) is 2.49. The minimum absolute atomic E-state index is 0. The smallest absolute Gasteiger partial charge is 0.0642 e. The molecule has 1 unspecified atom stereocenters. The Morgan fingerprint density at radius 3 is 2.68 bits per heavy atom. The van der Waals surface area contributed by atoms with Gasteiger partial charge in [-0.1, -0.05) is 22.0 Å². The third-order valence-corrected chi connectivity index (χ3v) is 4.99. The Morgan fingerprint density at radius 2 is 2.00 bits per heavy atom. The number of likely N-dealkylation sites (tertiary alicyclic amines) is 1. The van der Waals surface area contributed by atoms with Gasteiger partial charge in [-0.2, -0.15) is 0 Å². The summed E-state index contributed by atoms with van der Waals surface area (Å²) in [6, 6.07) is 6.65. The van der Waals surface area contributed by atoms with E-state index in [9.17, 15) is 0 Å². The van der Waals surface area contributed by atoms with Gasteiger partial charge in [-0.15, -0.1) is 12.4 Å². The summed E-state index contributed by atoms with van der Waals surface area (Å²) < 4.78 is 6.62. The highest BCUT2D eigenvalue weighted by Gasteiger charge is 2.23. The highest BCUT2D eigenvalue weighted by atomic mass is 79.9. The lowest BCUT2D eigenvalue weighted by molar-refractivity contribution is 0.122. The van der Waals surface area contributed by atoms with Crippen molar-refractivity contribution in [1.29, 1.82) is 0 Å². The molecule has 0 amide bonds. The average Bonchev–Trinajstić information content (AvgIpc) is 2.98. The van der Waals surface area contributed by atoms with Gasteiger partial charge in [0, 0.05) is 36.3 Å². The molecule has 0 saturated carbocycles. The molecule has 1 atom stereocenters. The summed E-state index contributed by atoms with van der Waals surface area (Å²) in [4.78, 5) is 4.98. The number of morpholine rings is 1. The number of anilines is 1. The molecule has 1 aromatic rings. The molecule has 2 heterocycles. The Hall–Kier alpha value is -0.330. The van der Waals surface area contributed by atoms with Crippen LogP contribution in [-0.4, -0.2) is 50.8 Å². The maximum Gasteiger partial charge on any atom is 0.0642 e. The van der Waals surface area contributed by atoms with Gasteiger partial charge in [0.25, 0.3) is 0 Å². The molecule has 0 aromatic heterocycles.